The van der Waals surface area contributed by atoms with Gasteiger partial charge in [-0.3, -0.25) is 10.00 Å². The first-order chi connectivity index (χ1) is 15.6. The molecule has 1 aliphatic heterocycles. The van der Waals surface area contributed by atoms with E-state index in [0.29, 0.717) is 23.2 Å². The maximum atomic E-state index is 14.0. The number of H-pyrrole nitrogens is 1. The van der Waals surface area contributed by atoms with E-state index in [1.165, 1.54) is 35.9 Å². The molecule has 6 nitrogen and oxygen atoms in total. The lowest BCUT2D eigenvalue weighted by molar-refractivity contribution is -0.192. The first-order valence-electron chi connectivity index (χ1n) is 10.9. The van der Waals surface area contributed by atoms with Crippen molar-refractivity contribution >= 4 is 17.6 Å². The minimum Gasteiger partial charge on any atom is -0.475 e. The van der Waals surface area contributed by atoms with E-state index in [1.54, 1.807) is 12.1 Å². The standard InChI is InChI=1S/C20H26ClFN4.C2HF3O2/c21-17-5-3-6-18(22)16(17)13-26-10-8-14(9-11-26)23-12-20-15-4-1-2-7-19(15)24-25-20;3-2(4,5)1(6)7/h3,5-6,14,23H,1-2,4,7-13H2,(H,24,25);(H,6,7). The fraction of sp³-hybridized carbons (Fsp3) is 0.545. The van der Waals surface area contributed by atoms with Crippen LogP contribution in [0.3, 0.4) is 0 Å². The topological polar surface area (TPSA) is 81.2 Å². The molecule has 2 aliphatic rings. The van der Waals surface area contributed by atoms with E-state index in [2.05, 4.69) is 20.4 Å². The first kappa shape index (κ1) is 25.5. The van der Waals surface area contributed by atoms with E-state index in [-0.39, 0.29) is 5.82 Å². The second-order valence-corrected chi connectivity index (χ2v) is 8.68. The number of nitrogens with one attached hydrogen (secondary N) is 2. The highest BCUT2D eigenvalue weighted by molar-refractivity contribution is 6.31. The number of rotatable bonds is 5. The SMILES string of the molecule is Fc1cccc(Cl)c1CN1CCC(NCc2n[nH]c3c2CCCC3)CC1.O=C(O)C(F)(F)F. The van der Waals surface area contributed by atoms with Gasteiger partial charge in [0.1, 0.15) is 5.82 Å². The number of hydrogen-bond acceptors (Lipinski definition) is 4. The minimum absolute atomic E-state index is 0.207. The Morgan fingerprint density at radius 2 is 1.91 bits per heavy atom. The van der Waals surface area contributed by atoms with Crippen molar-refractivity contribution in [3.8, 4) is 0 Å². The van der Waals surface area contributed by atoms with E-state index < -0.39 is 12.1 Å². The molecule has 0 unspecified atom stereocenters. The minimum atomic E-state index is -5.08. The molecule has 1 saturated heterocycles. The van der Waals surface area contributed by atoms with Crippen LogP contribution >= 0.6 is 11.6 Å². The molecule has 0 amide bonds. The number of piperidine rings is 1. The Morgan fingerprint density at radius 3 is 2.55 bits per heavy atom. The second-order valence-electron chi connectivity index (χ2n) is 8.27. The third-order valence-corrected chi connectivity index (χ3v) is 6.33. The summed E-state index contributed by atoms with van der Waals surface area (Å²) in [5.41, 5.74) is 4.59. The predicted octanol–water partition coefficient (Wildman–Crippen LogP) is 4.47. The van der Waals surface area contributed by atoms with Gasteiger partial charge in [-0.2, -0.15) is 18.3 Å². The molecule has 1 aromatic carbocycles. The van der Waals surface area contributed by atoms with Gasteiger partial charge in [0, 0.05) is 35.4 Å². The zero-order chi connectivity index (χ0) is 24.0. The number of fused-ring (bicyclic) bond motifs is 1. The van der Waals surface area contributed by atoms with Crippen LogP contribution in [0.5, 0.6) is 0 Å². The van der Waals surface area contributed by atoms with Crippen LogP contribution in [0.25, 0.3) is 0 Å². The Kier molecular flexibility index (Phi) is 8.72. The van der Waals surface area contributed by atoms with Crippen LogP contribution < -0.4 is 5.32 Å². The molecule has 0 bridgehead atoms. The molecule has 2 heterocycles. The Balaban J connectivity index is 0.000000383. The second kappa shape index (κ2) is 11.3. The van der Waals surface area contributed by atoms with Gasteiger partial charge in [-0.25, -0.2) is 9.18 Å². The van der Waals surface area contributed by atoms with Crippen molar-refractivity contribution in [3.63, 3.8) is 0 Å². The highest BCUT2D eigenvalue weighted by atomic mass is 35.5. The van der Waals surface area contributed by atoms with Crippen LogP contribution in [0.1, 0.15) is 48.2 Å². The molecule has 0 saturated carbocycles. The molecule has 33 heavy (non-hydrogen) atoms. The number of aryl methyl sites for hydroxylation is 1. The van der Waals surface area contributed by atoms with E-state index in [4.69, 9.17) is 21.5 Å². The van der Waals surface area contributed by atoms with Crippen LogP contribution in [0.2, 0.25) is 5.02 Å². The Morgan fingerprint density at radius 1 is 1.24 bits per heavy atom. The average molecular weight is 491 g/mol. The summed E-state index contributed by atoms with van der Waals surface area (Å²) >= 11 is 6.15. The molecular weight excluding hydrogens is 464 g/mol. The quantitative estimate of drug-likeness (QED) is 0.539. The van der Waals surface area contributed by atoms with Gasteiger partial charge < -0.3 is 10.4 Å². The summed E-state index contributed by atoms with van der Waals surface area (Å²) in [5.74, 6) is -2.96. The maximum absolute atomic E-state index is 14.0. The third-order valence-electron chi connectivity index (χ3n) is 5.97. The smallest absolute Gasteiger partial charge is 0.475 e. The zero-order valence-electron chi connectivity index (χ0n) is 18.0. The van der Waals surface area contributed by atoms with Crippen LogP contribution in [-0.4, -0.2) is 51.5 Å². The van der Waals surface area contributed by atoms with Crippen molar-refractivity contribution in [2.45, 2.75) is 63.8 Å². The lowest BCUT2D eigenvalue weighted by Crippen LogP contribution is -2.42. The van der Waals surface area contributed by atoms with Crippen molar-refractivity contribution in [1.82, 2.24) is 20.4 Å². The maximum Gasteiger partial charge on any atom is 0.490 e. The molecule has 11 heteroatoms. The van der Waals surface area contributed by atoms with Gasteiger partial charge in [0.25, 0.3) is 0 Å². The Bertz CT molecular complexity index is 923. The lowest BCUT2D eigenvalue weighted by Gasteiger charge is -2.32. The van der Waals surface area contributed by atoms with E-state index in [1.807, 2.05) is 0 Å². The van der Waals surface area contributed by atoms with Crippen molar-refractivity contribution in [1.29, 1.82) is 0 Å². The molecule has 0 radical (unpaired) electrons. The number of halogens is 5. The highest BCUT2D eigenvalue weighted by Gasteiger charge is 2.38. The summed E-state index contributed by atoms with van der Waals surface area (Å²) in [6, 6.07) is 5.41. The number of carboxylic acid groups (broad SMARTS) is 1. The fourth-order valence-electron chi connectivity index (χ4n) is 4.14. The van der Waals surface area contributed by atoms with Gasteiger partial charge in [-0.05, 0) is 69.3 Å². The third kappa shape index (κ3) is 7.15. The van der Waals surface area contributed by atoms with Crippen molar-refractivity contribution in [2.75, 3.05) is 13.1 Å². The van der Waals surface area contributed by atoms with E-state index >= 15 is 0 Å². The fourth-order valence-corrected chi connectivity index (χ4v) is 4.36. The number of hydrogen-bond donors (Lipinski definition) is 3. The molecule has 0 spiro atoms. The van der Waals surface area contributed by atoms with Crippen molar-refractivity contribution in [2.24, 2.45) is 0 Å². The molecule has 182 valence electrons. The predicted molar refractivity (Wildman–Crippen MR) is 115 cm³/mol. The van der Waals surface area contributed by atoms with Crippen LogP contribution in [0.15, 0.2) is 18.2 Å². The van der Waals surface area contributed by atoms with Crippen molar-refractivity contribution in [3.05, 3.63) is 51.6 Å². The average Bonchev–Trinajstić information content (AvgIpc) is 3.19. The summed E-state index contributed by atoms with van der Waals surface area (Å²) < 4.78 is 45.7. The van der Waals surface area contributed by atoms with Gasteiger partial charge in [-0.1, -0.05) is 17.7 Å². The summed E-state index contributed by atoms with van der Waals surface area (Å²) in [6.07, 6.45) is 1.89. The van der Waals surface area contributed by atoms with Crippen LogP contribution in [0, 0.1) is 5.82 Å². The van der Waals surface area contributed by atoms with Gasteiger partial charge >= 0.3 is 12.1 Å². The molecule has 1 aromatic heterocycles. The molecule has 2 aromatic rings. The number of likely N-dealkylation sites (tertiary alicyclic amines) is 1. The number of carboxylic acids is 1. The van der Waals surface area contributed by atoms with Gasteiger partial charge in [0.05, 0.1) is 5.69 Å². The molecule has 4 rings (SSSR count). The summed E-state index contributed by atoms with van der Waals surface area (Å²) in [4.78, 5) is 11.2. The molecular formula is C22H27ClF4N4O2. The Labute approximate surface area is 194 Å². The van der Waals surface area contributed by atoms with Gasteiger partial charge in [-0.15, -0.1) is 0 Å². The monoisotopic (exact) mass is 490 g/mol. The number of aliphatic carboxylic acids is 1. The number of aromatic nitrogens is 2. The summed E-state index contributed by atoms with van der Waals surface area (Å²) in [5, 5.41) is 19.0. The first-order valence-corrected chi connectivity index (χ1v) is 11.3. The number of nitrogens with zero attached hydrogens (tertiary/aromatic N) is 2. The zero-order valence-corrected chi connectivity index (χ0v) is 18.8. The Hall–Kier alpha value is -2.17. The van der Waals surface area contributed by atoms with Gasteiger partial charge in [0.2, 0.25) is 0 Å². The molecule has 0 atom stereocenters. The van der Waals surface area contributed by atoms with E-state index in [9.17, 15) is 17.6 Å². The highest BCUT2D eigenvalue weighted by Crippen LogP contribution is 2.24. The number of carbonyl (C=O) groups is 1. The number of benzene rings is 1. The van der Waals surface area contributed by atoms with Crippen molar-refractivity contribution < 1.29 is 27.5 Å². The van der Waals surface area contributed by atoms with Crippen LogP contribution in [0.4, 0.5) is 17.6 Å². The normalized spacial score (nSPS) is 17.2. The largest absolute Gasteiger partial charge is 0.490 e. The van der Waals surface area contributed by atoms with E-state index in [0.717, 1.165) is 45.3 Å². The molecule has 1 aliphatic carbocycles. The number of aromatic amines is 1. The number of alkyl halides is 3. The molecule has 1 fully saturated rings. The molecule has 3 N–H and O–H groups in total. The van der Waals surface area contributed by atoms with Crippen LogP contribution in [-0.2, 0) is 30.7 Å². The summed E-state index contributed by atoms with van der Waals surface area (Å²) in [7, 11) is 0. The van der Waals surface area contributed by atoms with Gasteiger partial charge in [0.15, 0.2) is 0 Å². The summed E-state index contributed by atoms with van der Waals surface area (Å²) in [6.45, 7) is 3.35. The lowest BCUT2D eigenvalue weighted by atomic mass is 9.95.